The lowest BCUT2D eigenvalue weighted by atomic mass is 10.4. The minimum absolute atomic E-state index is 0.00876. The van der Waals surface area contributed by atoms with Crippen molar-refractivity contribution in [2.45, 2.75) is 53.3 Å². The molecule has 0 saturated carbocycles. The van der Waals surface area contributed by atoms with Crippen molar-refractivity contribution in [2.75, 3.05) is 19.8 Å². The van der Waals surface area contributed by atoms with Gasteiger partial charge >= 0.3 is 0 Å². The van der Waals surface area contributed by atoms with Gasteiger partial charge in [-0.25, -0.2) is 0 Å². The van der Waals surface area contributed by atoms with Gasteiger partial charge in [0.15, 0.2) is 12.6 Å². The van der Waals surface area contributed by atoms with E-state index in [1.807, 2.05) is 34.6 Å². The first-order chi connectivity index (χ1) is 7.10. The van der Waals surface area contributed by atoms with Crippen molar-refractivity contribution in [3.8, 4) is 0 Å². The molecular formula is C11H24O4. The van der Waals surface area contributed by atoms with Crippen molar-refractivity contribution in [1.29, 1.82) is 0 Å². The molecule has 0 aliphatic heterocycles. The average Bonchev–Trinajstić information content (AvgIpc) is 2.15. The average molecular weight is 220 g/mol. The van der Waals surface area contributed by atoms with Crippen LogP contribution in [-0.2, 0) is 18.9 Å². The lowest BCUT2D eigenvalue weighted by molar-refractivity contribution is -0.192. The summed E-state index contributed by atoms with van der Waals surface area (Å²) < 4.78 is 21.4. The molecule has 4 nitrogen and oxygen atoms in total. The van der Waals surface area contributed by atoms with Gasteiger partial charge < -0.3 is 18.9 Å². The van der Waals surface area contributed by atoms with Gasteiger partial charge in [-0.15, -0.1) is 0 Å². The zero-order valence-corrected chi connectivity index (χ0v) is 10.5. The van der Waals surface area contributed by atoms with Crippen LogP contribution < -0.4 is 0 Å². The van der Waals surface area contributed by atoms with Crippen LogP contribution in [0.2, 0.25) is 0 Å². The van der Waals surface area contributed by atoms with E-state index in [0.717, 1.165) is 0 Å². The fourth-order valence-corrected chi connectivity index (χ4v) is 1.19. The second-order valence-corrected chi connectivity index (χ2v) is 3.33. The summed E-state index contributed by atoms with van der Waals surface area (Å²) in [4.78, 5) is 0. The molecule has 15 heavy (non-hydrogen) atoms. The van der Waals surface area contributed by atoms with Crippen LogP contribution in [0.15, 0.2) is 0 Å². The number of hydrogen-bond acceptors (Lipinski definition) is 4. The maximum Gasteiger partial charge on any atom is 0.155 e. The van der Waals surface area contributed by atoms with Gasteiger partial charge in [-0.2, -0.15) is 0 Å². The Morgan fingerprint density at radius 1 is 0.800 bits per heavy atom. The first-order valence-corrected chi connectivity index (χ1v) is 5.60. The molecule has 0 unspecified atom stereocenters. The fourth-order valence-electron chi connectivity index (χ4n) is 1.19. The molecular weight excluding hydrogens is 196 g/mol. The van der Waals surface area contributed by atoms with Crippen LogP contribution in [0.4, 0.5) is 0 Å². The minimum Gasteiger partial charge on any atom is -0.353 e. The van der Waals surface area contributed by atoms with Crippen molar-refractivity contribution in [2.24, 2.45) is 0 Å². The fraction of sp³-hybridized carbons (Fsp3) is 1.00. The highest BCUT2D eigenvalue weighted by atomic mass is 16.7. The number of ether oxygens (including phenoxy) is 4. The molecule has 0 aromatic rings. The minimum atomic E-state index is -0.184. The van der Waals surface area contributed by atoms with Crippen LogP contribution in [0, 0.1) is 0 Å². The largest absolute Gasteiger partial charge is 0.353 e. The van der Waals surface area contributed by atoms with Gasteiger partial charge in [0.25, 0.3) is 0 Å². The molecule has 0 radical (unpaired) electrons. The Hall–Kier alpha value is -0.160. The molecule has 0 fully saturated rings. The highest BCUT2D eigenvalue weighted by molar-refractivity contribution is 4.48. The Morgan fingerprint density at radius 2 is 1.33 bits per heavy atom. The molecule has 0 aromatic carbocycles. The van der Waals surface area contributed by atoms with E-state index in [2.05, 4.69) is 0 Å². The summed E-state index contributed by atoms with van der Waals surface area (Å²) in [7, 11) is 0. The Labute approximate surface area is 92.8 Å². The van der Waals surface area contributed by atoms with E-state index < -0.39 is 0 Å². The van der Waals surface area contributed by atoms with E-state index in [0.29, 0.717) is 19.8 Å². The van der Waals surface area contributed by atoms with Crippen LogP contribution in [0.25, 0.3) is 0 Å². The van der Waals surface area contributed by atoms with Crippen LogP contribution in [-0.4, -0.2) is 38.5 Å². The van der Waals surface area contributed by atoms with E-state index in [-0.39, 0.29) is 18.7 Å². The summed E-state index contributed by atoms with van der Waals surface area (Å²) in [5.41, 5.74) is 0. The smallest absolute Gasteiger partial charge is 0.155 e. The van der Waals surface area contributed by atoms with Crippen LogP contribution in [0.5, 0.6) is 0 Å². The first-order valence-electron chi connectivity index (χ1n) is 5.60. The molecule has 0 aliphatic carbocycles. The molecule has 4 heteroatoms. The summed E-state index contributed by atoms with van der Waals surface area (Å²) >= 11 is 0. The number of hydrogen-bond donors (Lipinski definition) is 0. The van der Waals surface area contributed by atoms with Crippen LogP contribution in [0.3, 0.4) is 0 Å². The molecule has 3 atom stereocenters. The molecule has 0 N–H and O–H groups in total. The predicted octanol–water partition coefficient (Wildman–Crippen LogP) is 2.17. The van der Waals surface area contributed by atoms with Crippen molar-refractivity contribution in [3.63, 3.8) is 0 Å². The van der Waals surface area contributed by atoms with E-state index in [1.54, 1.807) is 0 Å². The van der Waals surface area contributed by atoms with E-state index in [4.69, 9.17) is 18.9 Å². The van der Waals surface area contributed by atoms with E-state index >= 15 is 0 Å². The monoisotopic (exact) mass is 220 g/mol. The maximum atomic E-state index is 5.52. The van der Waals surface area contributed by atoms with Gasteiger partial charge in [-0.05, 0) is 34.6 Å². The molecule has 0 heterocycles. The molecule has 0 aliphatic rings. The Kier molecular flexibility index (Phi) is 9.00. The van der Waals surface area contributed by atoms with Crippen molar-refractivity contribution in [1.82, 2.24) is 0 Å². The van der Waals surface area contributed by atoms with Crippen LogP contribution >= 0.6 is 0 Å². The molecule has 0 amide bonds. The summed E-state index contributed by atoms with van der Waals surface area (Å²) in [5.74, 6) is 0. The molecule has 0 aromatic heterocycles. The lowest BCUT2D eigenvalue weighted by Gasteiger charge is -2.20. The van der Waals surface area contributed by atoms with Gasteiger partial charge in [0.05, 0.1) is 12.7 Å². The maximum absolute atomic E-state index is 5.52. The predicted molar refractivity (Wildman–Crippen MR) is 58.7 cm³/mol. The standard InChI is InChI=1S/C11H24O4/c1-6-12-10(4)14-8-9(3)15-11(5)13-7-2/h9-11H,6-8H2,1-5H3/t9-,10-,11-/m0/s1. The third-order valence-electron chi connectivity index (χ3n) is 1.79. The summed E-state index contributed by atoms with van der Waals surface area (Å²) in [6.07, 6.45) is -0.353. The SMILES string of the molecule is CCO[C@H](C)OC[C@H](C)O[C@@H](C)OCC. The molecule has 0 spiro atoms. The van der Waals surface area contributed by atoms with Crippen molar-refractivity contribution in [3.05, 3.63) is 0 Å². The van der Waals surface area contributed by atoms with Crippen molar-refractivity contribution >= 4 is 0 Å². The Bertz CT molecular complexity index is 141. The summed E-state index contributed by atoms with van der Waals surface area (Å²) in [5, 5.41) is 0. The zero-order chi connectivity index (χ0) is 11.7. The highest BCUT2D eigenvalue weighted by Gasteiger charge is 2.10. The third-order valence-corrected chi connectivity index (χ3v) is 1.79. The second kappa shape index (κ2) is 9.09. The Morgan fingerprint density at radius 3 is 1.87 bits per heavy atom. The summed E-state index contributed by atoms with van der Waals surface area (Å²) in [6.45, 7) is 11.4. The van der Waals surface area contributed by atoms with Gasteiger partial charge in [0.1, 0.15) is 0 Å². The quantitative estimate of drug-likeness (QED) is 0.558. The van der Waals surface area contributed by atoms with E-state index in [9.17, 15) is 0 Å². The molecule has 92 valence electrons. The number of rotatable bonds is 9. The highest BCUT2D eigenvalue weighted by Crippen LogP contribution is 2.02. The van der Waals surface area contributed by atoms with Gasteiger partial charge in [-0.1, -0.05) is 0 Å². The summed E-state index contributed by atoms with van der Waals surface area (Å²) in [6, 6.07) is 0. The zero-order valence-electron chi connectivity index (χ0n) is 10.5. The Balaban J connectivity index is 3.51. The van der Waals surface area contributed by atoms with Gasteiger partial charge in [0, 0.05) is 13.2 Å². The van der Waals surface area contributed by atoms with Gasteiger partial charge in [0.2, 0.25) is 0 Å². The van der Waals surface area contributed by atoms with E-state index in [1.165, 1.54) is 0 Å². The molecule has 0 rings (SSSR count). The third kappa shape index (κ3) is 8.81. The first kappa shape index (κ1) is 14.8. The van der Waals surface area contributed by atoms with Crippen molar-refractivity contribution < 1.29 is 18.9 Å². The second-order valence-electron chi connectivity index (χ2n) is 3.33. The molecule has 0 saturated heterocycles. The molecule has 0 bridgehead atoms. The normalized spacial score (nSPS) is 17.4. The van der Waals surface area contributed by atoms with Gasteiger partial charge in [-0.3, -0.25) is 0 Å². The topological polar surface area (TPSA) is 36.9 Å². The lowest BCUT2D eigenvalue weighted by Crippen LogP contribution is -2.26. The van der Waals surface area contributed by atoms with Crippen LogP contribution in [0.1, 0.15) is 34.6 Å².